The topological polar surface area (TPSA) is 54.9 Å². The summed E-state index contributed by atoms with van der Waals surface area (Å²) in [4.78, 5) is 7.96. The van der Waals surface area contributed by atoms with E-state index >= 15 is 0 Å². The summed E-state index contributed by atoms with van der Waals surface area (Å²) in [6.07, 6.45) is 5.54. The predicted molar refractivity (Wildman–Crippen MR) is 54.3 cm³/mol. The summed E-state index contributed by atoms with van der Waals surface area (Å²) in [5.41, 5.74) is 0. The van der Waals surface area contributed by atoms with Gasteiger partial charge in [0.1, 0.15) is 0 Å². The summed E-state index contributed by atoms with van der Waals surface area (Å²) in [5.74, 6) is 0.629. The van der Waals surface area contributed by atoms with E-state index in [1.165, 1.54) is 6.42 Å². The predicted octanol–water partition coefficient (Wildman–Crippen LogP) is 0.336. The standard InChI is InChI=1S/C9H13N3OS/c13-14(7-8-3-1-4-10-8)9-11-5-2-6-12-9/h2,5-6,8,10H,1,3-4,7H2/t8-,14-/m1/s1. The fourth-order valence-corrected chi connectivity index (χ4v) is 2.72. The lowest BCUT2D eigenvalue weighted by molar-refractivity contribution is 0.638. The first-order valence-electron chi connectivity index (χ1n) is 4.75. The molecule has 0 saturated carbocycles. The number of rotatable bonds is 3. The quantitative estimate of drug-likeness (QED) is 0.732. The van der Waals surface area contributed by atoms with E-state index in [1.807, 2.05) is 0 Å². The number of aromatic nitrogens is 2. The number of hydrogen-bond acceptors (Lipinski definition) is 4. The van der Waals surface area contributed by atoms with Gasteiger partial charge in [0.05, 0.1) is 10.8 Å². The van der Waals surface area contributed by atoms with Gasteiger partial charge in [-0.15, -0.1) is 0 Å². The van der Waals surface area contributed by atoms with Gasteiger partial charge in [0.25, 0.3) is 0 Å². The third-order valence-corrected chi connectivity index (χ3v) is 3.58. The Labute approximate surface area is 85.6 Å². The molecular weight excluding hydrogens is 198 g/mol. The van der Waals surface area contributed by atoms with Gasteiger partial charge < -0.3 is 5.32 Å². The van der Waals surface area contributed by atoms with Crippen LogP contribution in [0, 0.1) is 0 Å². The van der Waals surface area contributed by atoms with Crippen LogP contribution >= 0.6 is 0 Å². The molecule has 0 radical (unpaired) electrons. The Morgan fingerprint density at radius 3 is 2.93 bits per heavy atom. The first-order chi connectivity index (χ1) is 6.86. The Morgan fingerprint density at radius 1 is 1.50 bits per heavy atom. The van der Waals surface area contributed by atoms with Crippen LogP contribution in [0.5, 0.6) is 0 Å². The largest absolute Gasteiger partial charge is 0.313 e. The summed E-state index contributed by atoms with van der Waals surface area (Å²) < 4.78 is 11.7. The van der Waals surface area contributed by atoms with Gasteiger partial charge >= 0.3 is 0 Å². The van der Waals surface area contributed by atoms with Crippen LogP contribution in [0.15, 0.2) is 23.6 Å². The molecule has 1 aliphatic heterocycles. The fourth-order valence-electron chi connectivity index (χ4n) is 1.56. The smallest absolute Gasteiger partial charge is 0.218 e. The summed E-state index contributed by atoms with van der Waals surface area (Å²) >= 11 is 0. The van der Waals surface area contributed by atoms with Crippen molar-refractivity contribution >= 4 is 10.8 Å². The Bertz CT molecular complexity index is 311. The Kier molecular flexibility index (Phi) is 3.21. The van der Waals surface area contributed by atoms with Crippen molar-refractivity contribution in [3.63, 3.8) is 0 Å². The van der Waals surface area contributed by atoms with Gasteiger partial charge in [-0.05, 0) is 25.5 Å². The van der Waals surface area contributed by atoms with E-state index in [0.717, 1.165) is 13.0 Å². The third kappa shape index (κ3) is 2.36. The molecule has 0 spiro atoms. The van der Waals surface area contributed by atoms with Crippen LogP contribution in [0.25, 0.3) is 0 Å². The molecule has 1 aromatic rings. The minimum absolute atomic E-state index is 0.375. The molecule has 2 heterocycles. The highest BCUT2D eigenvalue weighted by Gasteiger charge is 2.18. The van der Waals surface area contributed by atoms with Crippen molar-refractivity contribution in [2.24, 2.45) is 0 Å². The zero-order chi connectivity index (χ0) is 9.80. The van der Waals surface area contributed by atoms with Crippen LogP contribution in [-0.2, 0) is 10.8 Å². The van der Waals surface area contributed by atoms with Crippen molar-refractivity contribution in [2.75, 3.05) is 12.3 Å². The molecule has 0 bridgehead atoms. The lowest BCUT2D eigenvalue weighted by Gasteiger charge is -2.07. The third-order valence-electron chi connectivity index (χ3n) is 2.26. The summed E-state index contributed by atoms with van der Waals surface area (Å²) in [7, 11) is -1.06. The number of nitrogens with zero attached hydrogens (tertiary/aromatic N) is 2. The molecule has 0 amide bonds. The van der Waals surface area contributed by atoms with Crippen molar-refractivity contribution in [2.45, 2.75) is 24.0 Å². The minimum Gasteiger partial charge on any atom is -0.313 e. The Hall–Kier alpha value is -0.810. The summed E-state index contributed by atoms with van der Waals surface area (Å²) in [6.45, 7) is 1.04. The molecule has 1 aromatic heterocycles. The maximum Gasteiger partial charge on any atom is 0.218 e. The van der Waals surface area contributed by atoms with Crippen LogP contribution in [0.3, 0.4) is 0 Å². The van der Waals surface area contributed by atoms with E-state index < -0.39 is 10.8 Å². The number of nitrogens with one attached hydrogen (secondary N) is 1. The molecule has 0 unspecified atom stereocenters. The van der Waals surface area contributed by atoms with Crippen LogP contribution in [0.4, 0.5) is 0 Å². The summed E-state index contributed by atoms with van der Waals surface area (Å²) in [5, 5.41) is 3.75. The molecule has 1 saturated heterocycles. The monoisotopic (exact) mass is 211 g/mol. The SMILES string of the molecule is O=[S@](C[C@H]1CCCN1)c1ncccn1. The van der Waals surface area contributed by atoms with Gasteiger partial charge in [-0.25, -0.2) is 9.97 Å². The maximum atomic E-state index is 11.7. The van der Waals surface area contributed by atoms with Crippen molar-refractivity contribution in [1.29, 1.82) is 0 Å². The molecule has 1 N–H and O–H groups in total. The second kappa shape index (κ2) is 4.61. The maximum absolute atomic E-state index is 11.7. The van der Waals surface area contributed by atoms with Gasteiger partial charge in [-0.2, -0.15) is 0 Å². The lowest BCUT2D eigenvalue weighted by Crippen LogP contribution is -2.28. The van der Waals surface area contributed by atoms with Gasteiger partial charge in [-0.3, -0.25) is 4.21 Å². The molecule has 1 aliphatic rings. The van der Waals surface area contributed by atoms with Gasteiger partial charge in [0, 0.05) is 24.2 Å². The molecule has 0 aromatic carbocycles. The average Bonchev–Trinajstić information content (AvgIpc) is 2.72. The molecule has 76 valence electrons. The molecule has 0 aliphatic carbocycles. The molecule has 1 fully saturated rings. The number of hydrogen-bond donors (Lipinski definition) is 1. The highest BCUT2D eigenvalue weighted by molar-refractivity contribution is 7.84. The van der Waals surface area contributed by atoms with Crippen LogP contribution in [0.2, 0.25) is 0 Å². The molecule has 4 nitrogen and oxygen atoms in total. The fraction of sp³-hybridized carbons (Fsp3) is 0.556. The molecule has 2 atom stereocenters. The normalized spacial score (nSPS) is 23.6. The van der Waals surface area contributed by atoms with E-state index in [0.29, 0.717) is 17.0 Å². The van der Waals surface area contributed by atoms with Crippen LogP contribution in [0.1, 0.15) is 12.8 Å². The minimum atomic E-state index is -1.06. The van der Waals surface area contributed by atoms with E-state index in [9.17, 15) is 4.21 Å². The van der Waals surface area contributed by atoms with Crippen molar-refractivity contribution < 1.29 is 4.21 Å². The Balaban J connectivity index is 1.95. The van der Waals surface area contributed by atoms with E-state index in [4.69, 9.17) is 0 Å². The van der Waals surface area contributed by atoms with E-state index in [2.05, 4.69) is 15.3 Å². The van der Waals surface area contributed by atoms with Crippen molar-refractivity contribution in [1.82, 2.24) is 15.3 Å². The van der Waals surface area contributed by atoms with Crippen molar-refractivity contribution in [3.05, 3.63) is 18.5 Å². The van der Waals surface area contributed by atoms with Gasteiger partial charge in [0.15, 0.2) is 0 Å². The van der Waals surface area contributed by atoms with E-state index in [1.54, 1.807) is 18.5 Å². The highest BCUT2D eigenvalue weighted by Crippen LogP contribution is 2.08. The first kappa shape index (κ1) is 9.73. The zero-order valence-corrected chi connectivity index (χ0v) is 8.67. The second-order valence-corrected chi connectivity index (χ2v) is 4.73. The molecule has 14 heavy (non-hydrogen) atoms. The Morgan fingerprint density at radius 2 is 2.29 bits per heavy atom. The molecule has 2 rings (SSSR count). The lowest BCUT2D eigenvalue weighted by atomic mass is 10.3. The van der Waals surface area contributed by atoms with Crippen molar-refractivity contribution in [3.8, 4) is 0 Å². The highest BCUT2D eigenvalue weighted by atomic mass is 32.2. The van der Waals surface area contributed by atoms with Gasteiger partial charge in [-0.1, -0.05) is 0 Å². The van der Waals surface area contributed by atoms with Crippen LogP contribution < -0.4 is 5.32 Å². The molecular formula is C9H13N3OS. The van der Waals surface area contributed by atoms with Gasteiger partial charge in [0.2, 0.25) is 5.16 Å². The first-order valence-corrected chi connectivity index (χ1v) is 6.07. The van der Waals surface area contributed by atoms with E-state index in [-0.39, 0.29) is 0 Å². The summed E-state index contributed by atoms with van der Waals surface area (Å²) in [6, 6.07) is 2.11. The zero-order valence-electron chi connectivity index (χ0n) is 7.85. The molecule has 5 heteroatoms. The average molecular weight is 211 g/mol. The van der Waals surface area contributed by atoms with Crippen LogP contribution in [-0.4, -0.2) is 32.5 Å². The second-order valence-electron chi connectivity index (χ2n) is 3.34.